The summed E-state index contributed by atoms with van der Waals surface area (Å²) < 4.78 is 31.7. The van der Waals surface area contributed by atoms with Crippen molar-refractivity contribution in [1.29, 1.82) is 0 Å². The summed E-state index contributed by atoms with van der Waals surface area (Å²) in [5.41, 5.74) is -0.0263. The highest BCUT2D eigenvalue weighted by atomic mass is 19.3. The van der Waals surface area contributed by atoms with E-state index in [0.717, 1.165) is 0 Å². The van der Waals surface area contributed by atoms with Crippen LogP contribution in [0.25, 0.3) is 0 Å². The maximum atomic E-state index is 13.1. The van der Waals surface area contributed by atoms with E-state index in [4.69, 9.17) is 4.42 Å². The summed E-state index contributed by atoms with van der Waals surface area (Å²) in [6.45, 7) is 6.65. The first-order chi connectivity index (χ1) is 8.75. The SMILES string of the molecule is CC(C)(C)NCc1nnc(C2CCC(F)(F)CC2)o1. The molecule has 0 atom stereocenters. The van der Waals surface area contributed by atoms with Crippen molar-refractivity contribution in [3.63, 3.8) is 0 Å². The molecule has 0 bridgehead atoms. The third-order valence-corrected chi connectivity index (χ3v) is 3.32. The third kappa shape index (κ3) is 4.23. The van der Waals surface area contributed by atoms with E-state index in [1.54, 1.807) is 0 Å². The van der Waals surface area contributed by atoms with E-state index >= 15 is 0 Å². The average Bonchev–Trinajstić information content (AvgIpc) is 2.74. The fourth-order valence-electron chi connectivity index (χ4n) is 2.13. The van der Waals surface area contributed by atoms with Gasteiger partial charge in [0, 0.05) is 24.3 Å². The maximum Gasteiger partial charge on any atom is 0.248 e. The Balaban J connectivity index is 1.91. The molecule has 0 saturated heterocycles. The Bertz CT molecular complexity index is 416. The third-order valence-electron chi connectivity index (χ3n) is 3.32. The second kappa shape index (κ2) is 5.15. The van der Waals surface area contributed by atoms with E-state index in [1.165, 1.54) is 0 Å². The first kappa shape index (κ1) is 14.4. The molecule has 1 aromatic rings. The maximum absolute atomic E-state index is 13.1. The predicted octanol–water partition coefficient (Wildman–Crippen LogP) is 3.25. The summed E-state index contributed by atoms with van der Waals surface area (Å²) in [6, 6.07) is 0. The first-order valence-electron chi connectivity index (χ1n) is 6.70. The van der Waals surface area contributed by atoms with Crippen LogP contribution in [0.4, 0.5) is 8.78 Å². The smallest absolute Gasteiger partial charge is 0.248 e. The second-order valence-electron chi connectivity index (χ2n) is 6.27. The molecule has 1 heterocycles. The van der Waals surface area contributed by atoms with Gasteiger partial charge in [0.05, 0.1) is 6.54 Å². The number of aromatic nitrogens is 2. The normalized spacial score (nSPS) is 20.7. The zero-order chi connectivity index (χ0) is 14.1. The van der Waals surface area contributed by atoms with E-state index < -0.39 is 5.92 Å². The molecule has 1 fully saturated rings. The van der Waals surface area contributed by atoms with Crippen LogP contribution in [0.5, 0.6) is 0 Å². The fraction of sp³-hybridized carbons (Fsp3) is 0.846. The van der Waals surface area contributed by atoms with Crippen molar-refractivity contribution >= 4 is 0 Å². The van der Waals surface area contributed by atoms with Crippen LogP contribution >= 0.6 is 0 Å². The number of hydrogen-bond acceptors (Lipinski definition) is 4. The summed E-state index contributed by atoms with van der Waals surface area (Å²) >= 11 is 0. The van der Waals surface area contributed by atoms with Gasteiger partial charge in [-0.25, -0.2) is 8.78 Å². The quantitative estimate of drug-likeness (QED) is 0.918. The van der Waals surface area contributed by atoms with E-state index in [2.05, 4.69) is 15.5 Å². The van der Waals surface area contributed by atoms with Crippen molar-refractivity contribution < 1.29 is 13.2 Å². The van der Waals surface area contributed by atoms with Crippen LogP contribution in [0.1, 0.15) is 64.2 Å². The molecule has 1 aliphatic carbocycles. The standard InChI is InChI=1S/C13H21F2N3O/c1-12(2,3)16-8-10-17-18-11(19-10)9-4-6-13(14,15)7-5-9/h9,16H,4-8H2,1-3H3. The topological polar surface area (TPSA) is 51.0 Å². The number of nitrogens with zero attached hydrogens (tertiary/aromatic N) is 2. The van der Waals surface area contributed by atoms with Gasteiger partial charge in [0.2, 0.25) is 17.7 Å². The van der Waals surface area contributed by atoms with E-state index in [-0.39, 0.29) is 24.3 Å². The van der Waals surface area contributed by atoms with E-state index in [1.807, 2.05) is 20.8 Å². The van der Waals surface area contributed by atoms with Gasteiger partial charge in [-0.1, -0.05) is 0 Å². The van der Waals surface area contributed by atoms with Crippen LogP contribution in [0, 0.1) is 0 Å². The van der Waals surface area contributed by atoms with Gasteiger partial charge < -0.3 is 9.73 Å². The minimum absolute atomic E-state index is 0.0180. The van der Waals surface area contributed by atoms with Gasteiger partial charge in [-0.3, -0.25) is 0 Å². The number of halogens is 2. The van der Waals surface area contributed by atoms with Crippen molar-refractivity contribution in [2.75, 3.05) is 0 Å². The molecule has 4 nitrogen and oxygen atoms in total. The zero-order valence-corrected chi connectivity index (χ0v) is 11.7. The summed E-state index contributed by atoms with van der Waals surface area (Å²) in [7, 11) is 0. The molecule has 6 heteroatoms. The Morgan fingerprint density at radius 1 is 1.26 bits per heavy atom. The molecule has 1 aromatic heterocycles. The zero-order valence-electron chi connectivity index (χ0n) is 11.7. The van der Waals surface area contributed by atoms with Gasteiger partial charge in [-0.05, 0) is 33.6 Å². The fourth-order valence-corrected chi connectivity index (χ4v) is 2.13. The van der Waals surface area contributed by atoms with E-state index in [9.17, 15) is 8.78 Å². The van der Waals surface area contributed by atoms with Crippen molar-refractivity contribution in [3.8, 4) is 0 Å². The monoisotopic (exact) mass is 273 g/mol. The molecule has 0 aliphatic heterocycles. The van der Waals surface area contributed by atoms with Crippen LogP contribution in [-0.2, 0) is 6.54 Å². The molecule has 0 unspecified atom stereocenters. The molecule has 1 N–H and O–H groups in total. The molecule has 0 radical (unpaired) electrons. The molecule has 2 rings (SSSR count). The molecule has 19 heavy (non-hydrogen) atoms. The first-order valence-corrected chi connectivity index (χ1v) is 6.70. The van der Waals surface area contributed by atoms with Crippen LogP contribution < -0.4 is 5.32 Å². The lowest BCUT2D eigenvalue weighted by atomic mass is 9.87. The Hall–Kier alpha value is -1.04. The van der Waals surface area contributed by atoms with Crippen LogP contribution in [0.3, 0.4) is 0 Å². The Morgan fingerprint density at radius 3 is 2.47 bits per heavy atom. The molecule has 1 saturated carbocycles. The summed E-state index contributed by atoms with van der Waals surface area (Å²) in [6.07, 6.45) is 0.661. The summed E-state index contributed by atoms with van der Waals surface area (Å²) in [4.78, 5) is 0. The molecule has 1 aliphatic rings. The van der Waals surface area contributed by atoms with E-state index in [0.29, 0.717) is 31.2 Å². The van der Waals surface area contributed by atoms with Gasteiger partial charge in [-0.15, -0.1) is 10.2 Å². The largest absolute Gasteiger partial charge is 0.424 e. The number of rotatable bonds is 3. The van der Waals surface area contributed by atoms with Crippen LogP contribution in [0.2, 0.25) is 0 Å². The Morgan fingerprint density at radius 2 is 1.89 bits per heavy atom. The van der Waals surface area contributed by atoms with Crippen LogP contribution in [0.15, 0.2) is 4.42 Å². The Kier molecular flexibility index (Phi) is 3.90. The predicted molar refractivity (Wildman–Crippen MR) is 67.0 cm³/mol. The van der Waals surface area contributed by atoms with Crippen molar-refractivity contribution in [2.24, 2.45) is 0 Å². The highest BCUT2D eigenvalue weighted by Gasteiger charge is 2.37. The number of nitrogens with one attached hydrogen (secondary N) is 1. The molecule has 0 amide bonds. The number of hydrogen-bond donors (Lipinski definition) is 1. The van der Waals surface area contributed by atoms with Crippen molar-refractivity contribution in [2.45, 2.75) is 70.4 Å². The lowest BCUT2D eigenvalue weighted by Gasteiger charge is -2.25. The van der Waals surface area contributed by atoms with Gasteiger partial charge in [-0.2, -0.15) is 0 Å². The average molecular weight is 273 g/mol. The number of alkyl halides is 2. The Labute approximate surface area is 112 Å². The summed E-state index contributed by atoms with van der Waals surface area (Å²) in [5.74, 6) is -1.52. The molecular formula is C13H21F2N3O. The van der Waals surface area contributed by atoms with Gasteiger partial charge in [0.1, 0.15) is 0 Å². The molecule has 108 valence electrons. The van der Waals surface area contributed by atoms with Gasteiger partial charge in [0.25, 0.3) is 0 Å². The molecular weight excluding hydrogens is 252 g/mol. The minimum atomic E-state index is -2.52. The van der Waals surface area contributed by atoms with Crippen molar-refractivity contribution in [1.82, 2.24) is 15.5 Å². The lowest BCUT2D eigenvalue weighted by Crippen LogP contribution is -2.35. The van der Waals surface area contributed by atoms with Gasteiger partial charge in [0.15, 0.2) is 0 Å². The molecule has 0 spiro atoms. The molecule has 0 aromatic carbocycles. The second-order valence-corrected chi connectivity index (χ2v) is 6.27. The van der Waals surface area contributed by atoms with Gasteiger partial charge >= 0.3 is 0 Å². The highest BCUT2D eigenvalue weighted by molar-refractivity contribution is 4.96. The summed E-state index contributed by atoms with van der Waals surface area (Å²) in [5, 5.41) is 11.2. The van der Waals surface area contributed by atoms with Crippen molar-refractivity contribution in [3.05, 3.63) is 11.8 Å². The lowest BCUT2D eigenvalue weighted by molar-refractivity contribution is -0.0399. The van der Waals surface area contributed by atoms with Crippen LogP contribution in [-0.4, -0.2) is 21.7 Å². The highest BCUT2D eigenvalue weighted by Crippen LogP contribution is 2.40. The minimum Gasteiger partial charge on any atom is -0.424 e.